The largest absolute Gasteiger partial charge is 0.346 e. The highest BCUT2D eigenvalue weighted by Gasteiger charge is 2.21. The molecule has 11 heavy (non-hydrogen) atoms. The van der Waals surface area contributed by atoms with E-state index in [1.54, 1.807) is 0 Å². The minimum Gasteiger partial charge on any atom is -0.346 e. The second-order valence-corrected chi connectivity index (χ2v) is 5.47. The predicted molar refractivity (Wildman–Crippen MR) is 49.3 cm³/mol. The van der Waals surface area contributed by atoms with Gasteiger partial charge in [0.2, 0.25) is 0 Å². The van der Waals surface area contributed by atoms with Crippen molar-refractivity contribution in [2.24, 2.45) is 11.3 Å². The van der Waals surface area contributed by atoms with Crippen LogP contribution in [0, 0.1) is 11.3 Å². The Labute approximate surface area is 69.9 Å². The van der Waals surface area contributed by atoms with Gasteiger partial charge < -0.3 is 4.89 Å². The first-order valence-corrected chi connectivity index (χ1v) is 5.61. The zero-order chi connectivity index (χ0) is 9.07. The van der Waals surface area contributed by atoms with Crippen LogP contribution in [0.2, 0.25) is 0 Å². The van der Waals surface area contributed by atoms with Crippen LogP contribution in [0.1, 0.15) is 34.1 Å². The average Bonchev–Trinajstić information content (AvgIpc) is 1.53. The van der Waals surface area contributed by atoms with Gasteiger partial charge in [0.15, 0.2) is 8.03 Å². The molecule has 0 aliphatic rings. The normalized spacial score (nSPS) is 15.5. The lowest BCUT2D eigenvalue weighted by Crippen LogP contribution is -2.17. The minimum absolute atomic E-state index is 0.0267. The van der Waals surface area contributed by atoms with Gasteiger partial charge in [0.05, 0.1) is 0 Å². The van der Waals surface area contributed by atoms with E-state index in [-0.39, 0.29) is 5.41 Å². The Kier molecular flexibility index (Phi) is 4.35. The highest BCUT2D eigenvalue weighted by molar-refractivity contribution is 7.38. The molecular weight excluding hydrogens is 159 g/mol. The maximum atomic E-state index is 10.6. The Hall–Kier alpha value is 0.190. The van der Waals surface area contributed by atoms with Crippen molar-refractivity contribution < 1.29 is 9.46 Å². The molecule has 68 valence electrons. The molecule has 0 bridgehead atoms. The lowest BCUT2D eigenvalue weighted by Gasteiger charge is -2.24. The lowest BCUT2D eigenvalue weighted by molar-refractivity contribution is 0.316. The van der Waals surface area contributed by atoms with Gasteiger partial charge in [-0.3, -0.25) is 4.57 Å². The predicted octanol–water partition coefficient (Wildman–Crippen LogP) is 2.53. The number of hydrogen-bond donors (Lipinski definition) is 1. The molecule has 0 saturated heterocycles. The van der Waals surface area contributed by atoms with Gasteiger partial charge in [-0.25, -0.2) is 0 Å². The Morgan fingerprint density at radius 3 is 2.18 bits per heavy atom. The molecule has 0 rings (SSSR count). The Balaban J connectivity index is 3.89. The highest BCUT2D eigenvalue weighted by atomic mass is 31.1. The Morgan fingerprint density at radius 1 is 1.45 bits per heavy atom. The second kappa shape index (κ2) is 4.27. The molecule has 0 amide bonds. The summed E-state index contributed by atoms with van der Waals surface area (Å²) in [6.07, 6.45) is 1.47. The van der Waals surface area contributed by atoms with Crippen LogP contribution in [0.5, 0.6) is 0 Å². The molecule has 0 aliphatic carbocycles. The van der Waals surface area contributed by atoms with Crippen molar-refractivity contribution in [3.8, 4) is 0 Å². The third-order valence-electron chi connectivity index (χ3n) is 1.59. The maximum Gasteiger partial charge on any atom is 0.189 e. The minimum atomic E-state index is -2.29. The van der Waals surface area contributed by atoms with E-state index >= 15 is 0 Å². The standard InChI is InChI=1S/C8H19O2P/c1-7(2)5-8(3,4)6-11(9)10/h7,11H,5-6H2,1-4H3,(H,9,10). The van der Waals surface area contributed by atoms with E-state index in [2.05, 4.69) is 13.8 Å². The van der Waals surface area contributed by atoms with E-state index in [0.29, 0.717) is 12.1 Å². The fourth-order valence-electron chi connectivity index (χ4n) is 1.59. The molecule has 0 fully saturated rings. The van der Waals surface area contributed by atoms with Crippen molar-refractivity contribution in [1.82, 2.24) is 0 Å². The molecule has 0 heterocycles. The van der Waals surface area contributed by atoms with Gasteiger partial charge in [-0.15, -0.1) is 0 Å². The van der Waals surface area contributed by atoms with Crippen LogP contribution in [0.3, 0.4) is 0 Å². The molecule has 0 aromatic carbocycles. The summed E-state index contributed by atoms with van der Waals surface area (Å²) in [7, 11) is -2.29. The molecular formula is C8H19O2P. The molecule has 3 heteroatoms. The molecule has 1 N–H and O–H groups in total. The van der Waals surface area contributed by atoms with Crippen molar-refractivity contribution >= 4 is 8.03 Å². The van der Waals surface area contributed by atoms with E-state index in [4.69, 9.17) is 4.89 Å². The van der Waals surface area contributed by atoms with Crippen LogP contribution < -0.4 is 0 Å². The van der Waals surface area contributed by atoms with Gasteiger partial charge in [-0.2, -0.15) is 0 Å². The van der Waals surface area contributed by atoms with Crippen LogP contribution in [0.15, 0.2) is 0 Å². The van der Waals surface area contributed by atoms with Crippen molar-refractivity contribution in [3.63, 3.8) is 0 Å². The molecule has 0 aliphatic heterocycles. The molecule has 1 unspecified atom stereocenters. The number of hydrogen-bond acceptors (Lipinski definition) is 1. The summed E-state index contributed by atoms with van der Waals surface area (Å²) >= 11 is 0. The van der Waals surface area contributed by atoms with Gasteiger partial charge in [0.25, 0.3) is 0 Å². The molecule has 0 saturated carbocycles. The third-order valence-corrected chi connectivity index (χ3v) is 2.85. The molecule has 2 nitrogen and oxygen atoms in total. The zero-order valence-corrected chi connectivity index (χ0v) is 8.85. The first kappa shape index (κ1) is 11.2. The quantitative estimate of drug-likeness (QED) is 0.671. The Bertz CT molecular complexity index is 141. The van der Waals surface area contributed by atoms with E-state index in [1.165, 1.54) is 0 Å². The van der Waals surface area contributed by atoms with Gasteiger partial charge in [0.1, 0.15) is 0 Å². The van der Waals surface area contributed by atoms with Crippen molar-refractivity contribution in [2.75, 3.05) is 6.16 Å². The van der Waals surface area contributed by atoms with E-state index in [9.17, 15) is 4.57 Å². The van der Waals surface area contributed by atoms with Gasteiger partial charge in [-0.1, -0.05) is 27.7 Å². The molecule has 0 radical (unpaired) electrons. The fourth-order valence-corrected chi connectivity index (χ4v) is 2.55. The average molecular weight is 178 g/mol. The van der Waals surface area contributed by atoms with Crippen molar-refractivity contribution in [2.45, 2.75) is 34.1 Å². The van der Waals surface area contributed by atoms with E-state index in [0.717, 1.165) is 6.42 Å². The van der Waals surface area contributed by atoms with Gasteiger partial charge >= 0.3 is 0 Å². The maximum absolute atomic E-state index is 10.6. The van der Waals surface area contributed by atoms with Crippen LogP contribution in [0.4, 0.5) is 0 Å². The molecule has 0 aromatic heterocycles. The van der Waals surface area contributed by atoms with Crippen molar-refractivity contribution in [1.29, 1.82) is 0 Å². The van der Waals surface area contributed by atoms with E-state index in [1.807, 2.05) is 13.8 Å². The lowest BCUT2D eigenvalue weighted by atomic mass is 9.86. The van der Waals surface area contributed by atoms with Crippen LogP contribution in [-0.4, -0.2) is 11.1 Å². The summed E-state index contributed by atoms with van der Waals surface area (Å²) in [5, 5.41) is 0. The topological polar surface area (TPSA) is 37.3 Å². The summed E-state index contributed by atoms with van der Waals surface area (Å²) < 4.78 is 10.6. The van der Waals surface area contributed by atoms with E-state index < -0.39 is 8.03 Å². The first-order chi connectivity index (χ1) is 4.83. The molecule has 0 spiro atoms. The first-order valence-electron chi connectivity index (χ1n) is 4.05. The summed E-state index contributed by atoms with van der Waals surface area (Å²) in [6.45, 7) is 8.37. The SMILES string of the molecule is CC(C)CC(C)(C)C[PH](=O)O. The monoisotopic (exact) mass is 178 g/mol. The summed E-state index contributed by atoms with van der Waals surface area (Å²) in [6, 6.07) is 0. The summed E-state index contributed by atoms with van der Waals surface area (Å²) in [4.78, 5) is 8.75. The van der Waals surface area contributed by atoms with Gasteiger partial charge in [0, 0.05) is 6.16 Å². The number of rotatable bonds is 4. The van der Waals surface area contributed by atoms with Crippen LogP contribution >= 0.6 is 8.03 Å². The molecule has 1 atom stereocenters. The molecule has 0 aromatic rings. The fraction of sp³-hybridized carbons (Fsp3) is 1.00. The Morgan fingerprint density at radius 2 is 1.91 bits per heavy atom. The van der Waals surface area contributed by atoms with Crippen molar-refractivity contribution in [3.05, 3.63) is 0 Å². The smallest absolute Gasteiger partial charge is 0.189 e. The van der Waals surface area contributed by atoms with Crippen LogP contribution in [-0.2, 0) is 4.57 Å². The zero-order valence-electron chi connectivity index (χ0n) is 7.85. The van der Waals surface area contributed by atoms with Crippen LogP contribution in [0.25, 0.3) is 0 Å². The summed E-state index contributed by atoms with van der Waals surface area (Å²) in [5.74, 6) is 0.603. The summed E-state index contributed by atoms with van der Waals surface area (Å²) in [5.41, 5.74) is 0.0267. The third kappa shape index (κ3) is 6.58. The van der Waals surface area contributed by atoms with Gasteiger partial charge in [-0.05, 0) is 17.8 Å². The second-order valence-electron chi connectivity index (χ2n) is 4.33. The highest BCUT2D eigenvalue weighted by Crippen LogP contribution is 2.33.